The molecule has 0 saturated heterocycles. The van der Waals surface area contributed by atoms with E-state index in [1.165, 1.54) is 13.8 Å². The average Bonchev–Trinajstić information content (AvgIpc) is 2.42. The minimum atomic E-state index is -5.17. The summed E-state index contributed by atoms with van der Waals surface area (Å²) >= 11 is 0. The second kappa shape index (κ2) is 8.70. The molecule has 0 aromatic heterocycles. The van der Waals surface area contributed by atoms with Gasteiger partial charge in [-0.25, -0.2) is 4.79 Å². The van der Waals surface area contributed by atoms with Crippen molar-refractivity contribution >= 4 is 17.7 Å². The van der Waals surface area contributed by atoms with Crippen molar-refractivity contribution in [3.63, 3.8) is 0 Å². The normalized spacial score (nSPS) is 17.0. The van der Waals surface area contributed by atoms with Crippen LogP contribution in [-0.4, -0.2) is 48.2 Å². The molecule has 1 fully saturated rings. The fourth-order valence-electron chi connectivity index (χ4n) is 1.98. The number of allylic oxidation sites excluding steroid dienone is 1. The molecule has 0 heterocycles. The van der Waals surface area contributed by atoms with Crippen LogP contribution in [0.2, 0.25) is 0 Å². The Bertz CT molecular complexity index is 536. The molecule has 24 heavy (non-hydrogen) atoms. The van der Waals surface area contributed by atoms with E-state index in [4.69, 9.17) is 4.74 Å². The van der Waals surface area contributed by atoms with Crippen LogP contribution in [0.3, 0.4) is 0 Å². The van der Waals surface area contributed by atoms with Gasteiger partial charge in [0.25, 0.3) is 0 Å². The van der Waals surface area contributed by atoms with Crippen LogP contribution < -0.4 is 0 Å². The van der Waals surface area contributed by atoms with Gasteiger partial charge < -0.3 is 14.6 Å². The fourth-order valence-corrected chi connectivity index (χ4v) is 1.98. The van der Waals surface area contributed by atoms with Crippen molar-refractivity contribution in [2.45, 2.75) is 51.7 Å². The number of carbonyl (C=O) groups excluding carboxylic acids is 2. The zero-order valence-corrected chi connectivity index (χ0v) is 13.5. The molecular weight excluding hydrogens is 331 g/mol. The smallest absolute Gasteiger partial charge is 0.449 e. The molecule has 0 radical (unpaired) electrons. The highest BCUT2D eigenvalue weighted by Gasteiger charge is 2.41. The summed E-state index contributed by atoms with van der Waals surface area (Å²) in [5.41, 5.74) is -1.60. The number of ether oxygens (including phenoxy) is 2. The lowest BCUT2D eigenvalue weighted by molar-refractivity contribution is -0.142. The first-order valence-corrected chi connectivity index (χ1v) is 7.60. The Hall–Kier alpha value is -2.06. The van der Waals surface area contributed by atoms with Crippen LogP contribution in [0.25, 0.3) is 0 Å². The quantitative estimate of drug-likeness (QED) is 0.330. The van der Waals surface area contributed by atoms with Crippen molar-refractivity contribution in [1.82, 2.24) is 0 Å². The summed E-state index contributed by atoms with van der Waals surface area (Å²) in [6, 6.07) is -0.292. The molecule has 9 heteroatoms. The Kier molecular flexibility index (Phi) is 7.24. The number of halogens is 3. The van der Waals surface area contributed by atoms with Gasteiger partial charge in [-0.1, -0.05) is 0 Å². The number of alkyl halides is 3. The second-order valence-electron chi connectivity index (χ2n) is 5.08. The van der Waals surface area contributed by atoms with Crippen molar-refractivity contribution in [3.8, 4) is 0 Å². The third kappa shape index (κ3) is 5.54. The number of aliphatic imine (C=N–C) groups is 1. The number of rotatable bonds is 7. The van der Waals surface area contributed by atoms with Gasteiger partial charge in [0.2, 0.25) is 5.76 Å². The van der Waals surface area contributed by atoms with Gasteiger partial charge in [-0.2, -0.15) is 13.2 Å². The van der Waals surface area contributed by atoms with Crippen molar-refractivity contribution in [2.75, 3.05) is 13.2 Å². The van der Waals surface area contributed by atoms with Crippen molar-refractivity contribution in [1.29, 1.82) is 0 Å². The maximum Gasteiger partial charge on any atom is 0.449 e. The van der Waals surface area contributed by atoms with E-state index in [1.54, 1.807) is 0 Å². The van der Waals surface area contributed by atoms with E-state index in [2.05, 4.69) is 9.73 Å². The summed E-state index contributed by atoms with van der Waals surface area (Å²) in [7, 11) is 0. The Balaban J connectivity index is 3.30. The largest absolute Gasteiger partial charge is 0.504 e. The summed E-state index contributed by atoms with van der Waals surface area (Å²) < 4.78 is 48.0. The highest BCUT2D eigenvalue weighted by Crippen LogP contribution is 2.29. The van der Waals surface area contributed by atoms with E-state index in [1.807, 2.05) is 0 Å². The zero-order chi connectivity index (χ0) is 18.3. The highest BCUT2D eigenvalue weighted by molar-refractivity contribution is 6.24. The molecule has 0 aromatic rings. The van der Waals surface area contributed by atoms with E-state index < -0.39 is 41.6 Å². The molecule has 136 valence electrons. The first-order valence-electron chi connectivity index (χ1n) is 7.60. The van der Waals surface area contributed by atoms with Crippen LogP contribution >= 0.6 is 0 Å². The predicted octanol–water partition coefficient (Wildman–Crippen LogP) is 2.87. The molecule has 1 aliphatic rings. The first kappa shape index (κ1) is 20.0. The molecule has 0 spiro atoms. The van der Waals surface area contributed by atoms with Crippen molar-refractivity contribution < 1.29 is 37.3 Å². The van der Waals surface area contributed by atoms with E-state index in [9.17, 15) is 27.9 Å². The Morgan fingerprint density at radius 1 is 1.17 bits per heavy atom. The maximum atomic E-state index is 12.9. The Morgan fingerprint density at radius 2 is 1.75 bits per heavy atom. The van der Waals surface area contributed by atoms with Gasteiger partial charge in [0.1, 0.15) is 5.57 Å². The molecule has 1 aliphatic carbocycles. The average molecular weight is 351 g/mol. The zero-order valence-electron chi connectivity index (χ0n) is 13.5. The summed E-state index contributed by atoms with van der Waals surface area (Å²) in [6.45, 7) is 2.78. The topological polar surface area (TPSA) is 85.2 Å². The number of aliphatic hydroxyl groups excluding tert-OH is 1. The number of nitrogens with zero attached hydrogens (tertiary/aromatic N) is 1. The molecule has 1 rings (SSSR count). The third-order valence-corrected chi connectivity index (χ3v) is 3.30. The molecular formula is C15H20F3NO5. The summed E-state index contributed by atoms with van der Waals surface area (Å²) in [5, 5.41) is 9.48. The number of hydrogen-bond acceptors (Lipinski definition) is 6. The van der Waals surface area contributed by atoms with Crippen LogP contribution in [0.1, 0.15) is 39.5 Å². The van der Waals surface area contributed by atoms with Crippen molar-refractivity contribution in [2.24, 2.45) is 4.99 Å². The molecule has 0 bridgehead atoms. The minimum Gasteiger partial charge on any atom is -0.504 e. The van der Waals surface area contributed by atoms with Crippen LogP contribution in [0.15, 0.2) is 16.3 Å². The SMILES string of the molecule is CCOC(=O)CC(=NC1CCC1)C(C(=O)OCC)=C(O)C(F)(F)F. The second-order valence-corrected chi connectivity index (χ2v) is 5.08. The summed E-state index contributed by atoms with van der Waals surface area (Å²) in [5.74, 6) is -4.34. The maximum absolute atomic E-state index is 12.9. The summed E-state index contributed by atoms with van der Waals surface area (Å²) in [6.07, 6.45) is -3.70. The molecule has 0 unspecified atom stereocenters. The molecule has 1 saturated carbocycles. The molecule has 6 nitrogen and oxygen atoms in total. The number of hydrogen-bond donors (Lipinski definition) is 1. The lowest BCUT2D eigenvalue weighted by Gasteiger charge is -2.23. The van der Waals surface area contributed by atoms with Crippen LogP contribution in [0.5, 0.6) is 0 Å². The molecule has 0 aromatic carbocycles. The van der Waals surface area contributed by atoms with Gasteiger partial charge in [-0.3, -0.25) is 9.79 Å². The number of carbonyl (C=O) groups is 2. The van der Waals surface area contributed by atoms with Crippen molar-refractivity contribution in [3.05, 3.63) is 11.3 Å². The Morgan fingerprint density at radius 3 is 2.17 bits per heavy atom. The van der Waals surface area contributed by atoms with Gasteiger partial charge in [0.15, 0.2) is 0 Å². The van der Waals surface area contributed by atoms with E-state index in [0.29, 0.717) is 12.8 Å². The standard InChI is InChI=1S/C15H20F3NO5/c1-3-23-11(20)8-10(19-9-6-5-7-9)12(14(22)24-4-2)13(21)15(16,17)18/h9,21H,3-8H2,1-2H3. The first-order chi connectivity index (χ1) is 11.2. The van der Waals surface area contributed by atoms with Crippen LogP contribution in [0.4, 0.5) is 13.2 Å². The number of aliphatic hydroxyl groups is 1. The van der Waals surface area contributed by atoms with Crippen LogP contribution in [-0.2, 0) is 19.1 Å². The van der Waals surface area contributed by atoms with Gasteiger partial charge >= 0.3 is 18.1 Å². The molecule has 0 aliphatic heterocycles. The van der Waals surface area contributed by atoms with Crippen LogP contribution in [0, 0.1) is 0 Å². The number of esters is 2. The Labute approximate surface area is 137 Å². The van der Waals surface area contributed by atoms with E-state index >= 15 is 0 Å². The van der Waals surface area contributed by atoms with Gasteiger partial charge in [-0.15, -0.1) is 0 Å². The fraction of sp³-hybridized carbons (Fsp3) is 0.667. The lowest BCUT2D eigenvalue weighted by Crippen LogP contribution is -2.28. The van der Waals surface area contributed by atoms with Gasteiger partial charge in [0.05, 0.1) is 31.4 Å². The monoisotopic (exact) mass is 351 g/mol. The lowest BCUT2D eigenvalue weighted by atomic mass is 9.93. The van der Waals surface area contributed by atoms with E-state index in [0.717, 1.165) is 6.42 Å². The van der Waals surface area contributed by atoms with Gasteiger partial charge in [-0.05, 0) is 33.1 Å². The molecule has 0 atom stereocenters. The molecule has 1 N–H and O–H groups in total. The van der Waals surface area contributed by atoms with E-state index in [-0.39, 0.29) is 19.3 Å². The molecule has 0 amide bonds. The predicted molar refractivity (Wildman–Crippen MR) is 78.7 cm³/mol. The highest BCUT2D eigenvalue weighted by atomic mass is 19.4. The summed E-state index contributed by atoms with van der Waals surface area (Å²) in [4.78, 5) is 27.6. The van der Waals surface area contributed by atoms with Gasteiger partial charge in [0, 0.05) is 0 Å². The third-order valence-electron chi connectivity index (χ3n) is 3.30. The minimum absolute atomic E-state index is 0.0270.